The van der Waals surface area contributed by atoms with Gasteiger partial charge in [-0.15, -0.1) is 0 Å². The van der Waals surface area contributed by atoms with E-state index in [0.29, 0.717) is 17.3 Å². The summed E-state index contributed by atoms with van der Waals surface area (Å²) in [6.45, 7) is 0. The summed E-state index contributed by atoms with van der Waals surface area (Å²) in [4.78, 5) is 13.0. The van der Waals surface area contributed by atoms with Gasteiger partial charge in [-0.25, -0.2) is 0 Å². The Kier molecular flexibility index (Phi) is 6.46. The second kappa shape index (κ2) is 8.11. The summed E-state index contributed by atoms with van der Waals surface area (Å²) >= 11 is 5.30. The molecule has 21 heavy (non-hydrogen) atoms. The molecule has 1 amide bonds. The van der Waals surface area contributed by atoms with Gasteiger partial charge in [-0.2, -0.15) is 0 Å². The van der Waals surface area contributed by atoms with Crippen LogP contribution in [0, 0.1) is 5.92 Å². The molecule has 0 unspecified atom stereocenters. The highest BCUT2D eigenvalue weighted by molar-refractivity contribution is 7.80. The van der Waals surface area contributed by atoms with Crippen LogP contribution in [0.1, 0.15) is 83.5 Å². The van der Waals surface area contributed by atoms with E-state index < -0.39 is 5.54 Å². The topological polar surface area (TPSA) is 55.1 Å². The first-order valence-electron chi connectivity index (χ1n) is 8.73. The lowest BCUT2D eigenvalue weighted by atomic mass is 9.88. The van der Waals surface area contributed by atoms with Crippen LogP contribution in [-0.4, -0.2) is 16.4 Å². The second-order valence-electron chi connectivity index (χ2n) is 6.97. The van der Waals surface area contributed by atoms with Crippen LogP contribution in [0.4, 0.5) is 0 Å². The van der Waals surface area contributed by atoms with Crippen molar-refractivity contribution in [2.75, 3.05) is 0 Å². The van der Waals surface area contributed by atoms with Crippen molar-refractivity contribution in [1.82, 2.24) is 5.32 Å². The highest BCUT2D eigenvalue weighted by Crippen LogP contribution is 2.29. The molecule has 0 aromatic rings. The Hall–Kier alpha value is -0.640. The van der Waals surface area contributed by atoms with E-state index in [9.17, 15) is 4.79 Å². The van der Waals surface area contributed by atoms with Gasteiger partial charge in [0.1, 0.15) is 0 Å². The second-order valence-corrected chi connectivity index (χ2v) is 7.41. The molecule has 3 N–H and O–H groups in total. The molecule has 0 bridgehead atoms. The van der Waals surface area contributed by atoms with Crippen molar-refractivity contribution in [1.29, 1.82) is 0 Å². The zero-order valence-electron chi connectivity index (χ0n) is 13.2. The van der Waals surface area contributed by atoms with Gasteiger partial charge in [-0.05, 0) is 31.6 Å². The molecule has 2 aliphatic rings. The number of hydrogen-bond acceptors (Lipinski definition) is 2. The zero-order valence-corrected chi connectivity index (χ0v) is 14.0. The average Bonchev–Trinajstić information content (AvgIpc) is 2.82. The van der Waals surface area contributed by atoms with Crippen molar-refractivity contribution < 1.29 is 4.79 Å². The van der Waals surface area contributed by atoms with Crippen LogP contribution in [0.15, 0.2) is 0 Å². The third-order valence-electron chi connectivity index (χ3n) is 5.26. The van der Waals surface area contributed by atoms with Gasteiger partial charge < -0.3 is 11.1 Å². The first-order valence-corrected chi connectivity index (χ1v) is 9.14. The van der Waals surface area contributed by atoms with Crippen molar-refractivity contribution >= 4 is 23.1 Å². The number of carbonyl (C=O) groups is 1. The zero-order chi connectivity index (χ0) is 15.1. The van der Waals surface area contributed by atoms with Gasteiger partial charge in [-0.1, -0.05) is 63.6 Å². The molecule has 0 aliphatic heterocycles. The molecule has 0 heterocycles. The van der Waals surface area contributed by atoms with Gasteiger partial charge in [0.2, 0.25) is 5.91 Å². The van der Waals surface area contributed by atoms with Gasteiger partial charge >= 0.3 is 0 Å². The molecule has 2 fully saturated rings. The van der Waals surface area contributed by atoms with Crippen LogP contribution in [0.3, 0.4) is 0 Å². The Balaban J connectivity index is 1.92. The Morgan fingerprint density at radius 1 is 1.00 bits per heavy atom. The maximum atomic E-state index is 12.5. The molecule has 120 valence electrons. The minimum atomic E-state index is -0.409. The van der Waals surface area contributed by atoms with E-state index in [1.54, 1.807) is 0 Å². The first-order chi connectivity index (χ1) is 10.1. The summed E-state index contributed by atoms with van der Waals surface area (Å²) in [5.74, 6) is 0.721. The van der Waals surface area contributed by atoms with E-state index in [4.69, 9.17) is 18.0 Å². The Bertz CT molecular complexity index is 354. The molecule has 0 radical (unpaired) electrons. The normalized spacial score (nSPS) is 23.8. The molecule has 0 atom stereocenters. The summed E-state index contributed by atoms with van der Waals surface area (Å²) < 4.78 is 0. The molecule has 4 heteroatoms. The number of nitrogens with one attached hydrogen (secondary N) is 1. The Labute approximate surface area is 134 Å². The van der Waals surface area contributed by atoms with Gasteiger partial charge in [0.15, 0.2) is 0 Å². The van der Waals surface area contributed by atoms with Crippen LogP contribution in [-0.2, 0) is 4.79 Å². The van der Waals surface area contributed by atoms with Gasteiger partial charge in [0.05, 0.1) is 10.5 Å². The van der Waals surface area contributed by atoms with Crippen molar-refractivity contribution in [2.24, 2.45) is 11.7 Å². The third kappa shape index (κ3) is 4.94. The molecule has 0 aromatic carbocycles. The van der Waals surface area contributed by atoms with E-state index in [0.717, 1.165) is 25.7 Å². The predicted octanol–water partition coefficient (Wildman–Crippen LogP) is 3.84. The van der Waals surface area contributed by atoms with Gasteiger partial charge in [0, 0.05) is 6.42 Å². The number of thiocarbonyl (C=S) groups is 1. The molecule has 2 aliphatic carbocycles. The van der Waals surface area contributed by atoms with E-state index in [1.807, 2.05) is 0 Å². The van der Waals surface area contributed by atoms with Gasteiger partial charge in [0.25, 0.3) is 0 Å². The van der Waals surface area contributed by atoms with Crippen LogP contribution in [0.25, 0.3) is 0 Å². The van der Waals surface area contributed by atoms with Crippen LogP contribution < -0.4 is 11.1 Å². The third-order valence-corrected chi connectivity index (χ3v) is 5.65. The maximum absolute atomic E-state index is 12.5. The van der Waals surface area contributed by atoms with E-state index in [2.05, 4.69) is 5.32 Å². The highest BCUT2D eigenvalue weighted by atomic mass is 32.1. The maximum Gasteiger partial charge on any atom is 0.221 e. The largest absolute Gasteiger partial charge is 0.391 e. The fourth-order valence-electron chi connectivity index (χ4n) is 3.91. The predicted molar refractivity (Wildman–Crippen MR) is 91.2 cm³/mol. The minimum Gasteiger partial charge on any atom is -0.391 e. The number of rotatable bonds is 4. The first kappa shape index (κ1) is 16.7. The van der Waals surface area contributed by atoms with Gasteiger partial charge in [-0.3, -0.25) is 4.79 Å². The number of carbonyl (C=O) groups excluding carboxylic acids is 1. The lowest BCUT2D eigenvalue weighted by Crippen LogP contribution is -2.56. The average molecular weight is 311 g/mol. The number of hydrogen-bond donors (Lipinski definition) is 2. The highest BCUT2D eigenvalue weighted by Gasteiger charge is 2.35. The molecular formula is C17H30N2OS. The molecule has 0 saturated heterocycles. The van der Waals surface area contributed by atoms with Crippen LogP contribution >= 0.6 is 12.2 Å². The Morgan fingerprint density at radius 2 is 1.52 bits per heavy atom. The SMILES string of the molecule is NC(=S)C1(NC(=O)CC2CCCCCC2)CCCCCC1. The lowest BCUT2D eigenvalue weighted by Gasteiger charge is -2.33. The Morgan fingerprint density at radius 3 is 2.05 bits per heavy atom. The van der Waals surface area contributed by atoms with Crippen LogP contribution in [0.2, 0.25) is 0 Å². The summed E-state index contributed by atoms with van der Waals surface area (Å²) in [6, 6.07) is 0. The number of nitrogens with two attached hydrogens (primary N) is 1. The smallest absolute Gasteiger partial charge is 0.221 e. The van der Waals surface area contributed by atoms with Crippen LogP contribution in [0.5, 0.6) is 0 Å². The summed E-state index contributed by atoms with van der Waals surface area (Å²) in [5, 5.41) is 3.23. The molecule has 2 saturated carbocycles. The summed E-state index contributed by atoms with van der Waals surface area (Å²) in [6.07, 6.45) is 14.8. The molecule has 0 aromatic heterocycles. The lowest BCUT2D eigenvalue weighted by molar-refractivity contribution is -0.123. The number of amides is 1. The van der Waals surface area contributed by atoms with Crippen molar-refractivity contribution in [3.63, 3.8) is 0 Å². The standard InChI is InChI=1S/C17H30N2OS/c18-16(21)17(11-7-3-4-8-12-17)19-15(20)13-14-9-5-1-2-6-10-14/h14H,1-13H2,(H2,18,21)(H,19,20). The molecular weight excluding hydrogens is 280 g/mol. The van der Waals surface area contributed by atoms with E-state index >= 15 is 0 Å². The van der Waals surface area contributed by atoms with Crippen molar-refractivity contribution in [3.05, 3.63) is 0 Å². The fourth-order valence-corrected chi connectivity index (χ4v) is 4.17. The fraction of sp³-hybridized carbons (Fsp3) is 0.882. The molecule has 2 rings (SSSR count). The monoisotopic (exact) mass is 310 g/mol. The van der Waals surface area contributed by atoms with E-state index in [1.165, 1.54) is 51.4 Å². The molecule has 0 spiro atoms. The van der Waals surface area contributed by atoms with Crippen molar-refractivity contribution in [3.8, 4) is 0 Å². The summed E-state index contributed by atoms with van der Waals surface area (Å²) in [7, 11) is 0. The quantitative estimate of drug-likeness (QED) is 0.612. The minimum absolute atomic E-state index is 0.164. The molecule has 3 nitrogen and oxygen atoms in total. The van der Waals surface area contributed by atoms with E-state index in [-0.39, 0.29) is 5.91 Å². The van der Waals surface area contributed by atoms with Crippen molar-refractivity contribution in [2.45, 2.75) is 89.0 Å². The summed E-state index contributed by atoms with van der Waals surface area (Å²) in [5.41, 5.74) is 5.59.